The van der Waals surface area contributed by atoms with Crippen LogP contribution < -0.4 is 0 Å². The predicted molar refractivity (Wildman–Crippen MR) is 175 cm³/mol. The van der Waals surface area contributed by atoms with Crippen molar-refractivity contribution in [3.8, 4) is 0 Å². The fourth-order valence-corrected chi connectivity index (χ4v) is 8.70. The number of esters is 7. The van der Waals surface area contributed by atoms with Gasteiger partial charge in [-0.05, 0) is 26.0 Å². The van der Waals surface area contributed by atoms with Gasteiger partial charge in [0.25, 0.3) is 0 Å². The van der Waals surface area contributed by atoms with Gasteiger partial charge in [-0.1, -0.05) is 13.8 Å². The van der Waals surface area contributed by atoms with Gasteiger partial charge in [-0.15, -0.1) is 0 Å². The molecule has 294 valence electrons. The Bertz CT molecular complexity index is 1790. The summed E-state index contributed by atoms with van der Waals surface area (Å²) >= 11 is 0. The number of aromatic nitrogens is 1. The minimum absolute atomic E-state index is 0.0470. The molecule has 1 spiro atoms. The van der Waals surface area contributed by atoms with Gasteiger partial charge in [0.05, 0.1) is 23.1 Å². The van der Waals surface area contributed by atoms with E-state index in [4.69, 9.17) is 37.9 Å². The molecule has 1 N–H and O–H groups in total. The molecule has 0 amide bonds. The molecule has 2 aliphatic heterocycles. The van der Waals surface area contributed by atoms with E-state index in [0.717, 1.165) is 41.5 Å². The van der Waals surface area contributed by atoms with Crippen molar-refractivity contribution in [2.24, 2.45) is 17.3 Å². The van der Waals surface area contributed by atoms with Gasteiger partial charge in [-0.25, -0.2) is 4.79 Å². The molecule has 3 fully saturated rings. The number of ketones is 1. The number of rotatable bonds is 6. The number of hydrogen-bond donors (Lipinski definition) is 1. The summed E-state index contributed by atoms with van der Waals surface area (Å²) in [5, 5.41) is 13.2. The Morgan fingerprint density at radius 1 is 0.852 bits per heavy atom. The number of nitrogens with zero attached hydrogens (tertiary/aromatic N) is 1. The normalized spacial score (nSPS) is 38.4. The smallest absolute Gasteiger partial charge is 0.340 e. The molecule has 18 nitrogen and oxygen atoms in total. The van der Waals surface area contributed by atoms with E-state index in [9.17, 15) is 38.7 Å². The first-order valence-electron chi connectivity index (χ1n) is 17.2. The number of ether oxygens (including phenoxy) is 8. The van der Waals surface area contributed by atoms with Crippen LogP contribution in [0.15, 0.2) is 18.3 Å². The topological polar surface area (TPSA) is 244 Å². The Kier molecular flexibility index (Phi) is 10.4. The summed E-state index contributed by atoms with van der Waals surface area (Å²) in [6, 6.07) is 2.88. The van der Waals surface area contributed by atoms with E-state index in [1.165, 1.54) is 32.2 Å². The number of aliphatic hydroxyl groups is 1. The van der Waals surface area contributed by atoms with Crippen molar-refractivity contribution in [3.63, 3.8) is 0 Å². The summed E-state index contributed by atoms with van der Waals surface area (Å²) in [5.41, 5.74) is -10.2. The lowest BCUT2D eigenvalue weighted by molar-refractivity contribution is -0.376. The second-order valence-corrected chi connectivity index (χ2v) is 14.6. The maximum atomic E-state index is 15.1. The van der Waals surface area contributed by atoms with Crippen LogP contribution in [-0.4, -0.2) is 118 Å². The third kappa shape index (κ3) is 6.08. The van der Waals surface area contributed by atoms with Crippen molar-refractivity contribution >= 4 is 47.6 Å². The van der Waals surface area contributed by atoms with Gasteiger partial charge in [-0.3, -0.25) is 38.5 Å². The van der Waals surface area contributed by atoms with E-state index >= 15 is 4.79 Å². The number of fused-ring (bicyclic) bond motifs is 5. The minimum atomic E-state index is -2.82. The highest BCUT2D eigenvalue weighted by atomic mass is 16.7. The van der Waals surface area contributed by atoms with Crippen LogP contribution in [0.25, 0.3) is 0 Å². The molecule has 0 aromatic carbocycles. The molecule has 1 aromatic rings. The number of hydrogen-bond acceptors (Lipinski definition) is 18. The van der Waals surface area contributed by atoms with E-state index in [1.54, 1.807) is 6.92 Å². The zero-order valence-electron chi connectivity index (χ0n) is 31.2. The lowest BCUT2D eigenvalue weighted by Gasteiger charge is -2.66. The SMILES string of the molecule is CC(=O)OC[C@]12[C@H](OC(C)=O)C(=O)[C@@H]3[C@@H](OC(C)=O)[C@@]14O[C@@]3(C)COC(=O)c1cccnc1[C@H](C)[C@H](C)C(=O)O[C@@H]([C@H](OC(C)=O)[C@@H]2OC(C)=O)[C@]4(C)O. The summed E-state index contributed by atoms with van der Waals surface area (Å²) in [6.07, 6.45) is -9.01. The minimum Gasteiger partial charge on any atom is -0.465 e. The van der Waals surface area contributed by atoms with Crippen LogP contribution in [0.1, 0.15) is 84.3 Å². The summed E-state index contributed by atoms with van der Waals surface area (Å²) in [6.45, 7) is 8.38. The Hall–Kier alpha value is -4.97. The summed E-state index contributed by atoms with van der Waals surface area (Å²) in [7, 11) is 0. The Morgan fingerprint density at radius 2 is 1.44 bits per heavy atom. The van der Waals surface area contributed by atoms with Gasteiger partial charge in [-0.2, -0.15) is 0 Å². The number of cyclic esters (lactones) is 1. The molecule has 0 radical (unpaired) electrons. The molecule has 0 unspecified atom stereocenters. The first-order valence-corrected chi connectivity index (χ1v) is 17.2. The number of carbonyl (C=O) groups is 8. The Labute approximate surface area is 309 Å². The fourth-order valence-electron chi connectivity index (χ4n) is 8.70. The highest BCUT2D eigenvalue weighted by Gasteiger charge is 2.91. The standard InChI is InChI=1S/C36H43NO17/c1-15-16(2)31(44)53-29-26(49-18(4)39)30(52-21(7)42)35(14-47-17(3)38)28(51-20(6)41)25(43)23-27(50-19(5)40)36(35,34(29,9)46)54-33(23,8)13-48-32(45)22-11-10-12-37-24(15)22/h10-12,15-16,23,26-30,46H,13-14H2,1-9H3/t15-,16+,23-,26+,27-,28-,29+,30+,33+,34+,35-,36+/m1/s1. The maximum Gasteiger partial charge on any atom is 0.340 e. The van der Waals surface area contributed by atoms with Crippen LogP contribution >= 0.6 is 0 Å². The first-order chi connectivity index (χ1) is 25.1. The van der Waals surface area contributed by atoms with E-state index in [0.29, 0.717) is 0 Å². The van der Waals surface area contributed by atoms with Gasteiger partial charge in [0.2, 0.25) is 0 Å². The molecule has 12 atom stereocenters. The average molecular weight is 762 g/mol. The van der Waals surface area contributed by atoms with Crippen molar-refractivity contribution in [2.75, 3.05) is 13.2 Å². The lowest BCUT2D eigenvalue weighted by Crippen LogP contribution is -2.88. The van der Waals surface area contributed by atoms with Crippen LogP contribution in [0, 0.1) is 17.3 Å². The van der Waals surface area contributed by atoms with Crippen molar-refractivity contribution in [3.05, 3.63) is 29.6 Å². The second kappa shape index (κ2) is 14.0. The average Bonchev–Trinajstić information content (AvgIpc) is 3.30. The van der Waals surface area contributed by atoms with Crippen molar-refractivity contribution in [1.29, 1.82) is 0 Å². The highest BCUT2D eigenvalue weighted by molar-refractivity contribution is 5.94. The van der Waals surface area contributed by atoms with Gasteiger partial charge in [0, 0.05) is 46.7 Å². The first kappa shape index (κ1) is 40.2. The van der Waals surface area contributed by atoms with Crippen LogP contribution in [-0.2, 0) is 71.5 Å². The molecule has 4 aliphatic rings. The maximum absolute atomic E-state index is 15.1. The van der Waals surface area contributed by atoms with Crippen LogP contribution in [0.5, 0.6) is 0 Å². The van der Waals surface area contributed by atoms with Crippen LogP contribution in [0.4, 0.5) is 0 Å². The molecule has 1 aromatic heterocycles. The molecule has 4 bridgehead atoms. The quantitative estimate of drug-likeness (QED) is 0.309. The molecule has 2 saturated carbocycles. The van der Waals surface area contributed by atoms with E-state index < -0.39 is 131 Å². The summed E-state index contributed by atoms with van der Waals surface area (Å²) in [4.78, 5) is 112. The monoisotopic (exact) mass is 761 g/mol. The zero-order valence-corrected chi connectivity index (χ0v) is 31.2. The summed E-state index contributed by atoms with van der Waals surface area (Å²) in [5.74, 6) is -12.0. The molecule has 5 rings (SSSR count). The lowest BCUT2D eigenvalue weighted by atomic mass is 9.45. The zero-order chi connectivity index (χ0) is 40.3. The molecule has 54 heavy (non-hydrogen) atoms. The molecule has 2 aliphatic carbocycles. The third-order valence-corrected chi connectivity index (χ3v) is 10.9. The predicted octanol–water partition coefficient (Wildman–Crippen LogP) is 0.671. The van der Waals surface area contributed by atoms with Crippen molar-refractivity contribution in [2.45, 2.75) is 116 Å². The molecule has 18 heteroatoms. The number of pyridine rings is 1. The number of carbonyl (C=O) groups excluding carboxylic acids is 8. The third-order valence-electron chi connectivity index (χ3n) is 10.9. The second-order valence-electron chi connectivity index (χ2n) is 14.6. The Morgan fingerprint density at radius 3 is 2.02 bits per heavy atom. The largest absolute Gasteiger partial charge is 0.465 e. The van der Waals surface area contributed by atoms with E-state index in [-0.39, 0.29) is 11.3 Å². The number of Topliss-reactive ketones (excluding diaryl/α,β-unsaturated/α-hetero) is 1. The van der Waals surface area contributed by atoms with Gasteiger partial charge >= 0.3 is 41.8 Å². The molecular formula is C36H43NO17. The Balaban J connectivity index is 1.97. The van der Waals surface area contributed by atoms with Crippen molar-refractivity contribution in [1.82, 2.24) is 4.98 Å². The molecule has 3 heterocycles. The molecular weight excluding hydrogens is 718 g/mol. The van der Waals surface area contributed by atoms with Crippen molar-refractivity contribution < 1.29 is 81.4 Å². The van der Waals surface area contributed by atoms with E-state index in [1.807, 2.05) is 0 Å². The van der Waals surface area contributed by atoms with Gasteiger partial charge < -0.3 is 43.0 Å². The molecule has 1 saturated heterocycles. The van der Waals surface area contributed by atoms with Crippen LogP contribution in [0.3, 0.4) is 0 Å². The van der Waals surface area contributed by atoms with Gasteiger partial charge in [0.15, 0.2) is 35.8 Å². The fraction of sp³-hybridized carbons (Fsp3) is 0.639. The highest BCUT2D eigenvalue weighted by Crippen LogP contribution is 2.69. The van der Waals surface area contributed by atoms with E-state index in [2.05, 4.69) is 4.98 Å². The van der Waals surface area contributed by atoms with Gasteiger partial charge in [0.1, 0.15) is 35.9 Å². The van der Waals surface area contributed by atoms with Crippen LogP contribution in [0.2, 0.25) is 0 Å². The summed E-state index contributed by atoms with van der Waals surface area (Å²) < 4.78 is 47.3.